The molecule has 1 rings (SSSR count). The van der Waals surface area contributed by atoms with Crippen LogP contribution in [0.4, 0.5) is 5.69 Å². The van der Waals surface area contributed by atoms with Crippen molar-refractivity contribution in [1.29, 1.82) is 0 Å². The molecule has 1 aromatic carbocycles. The third-order valence-corrected chi connectivity index (χ3v) is 3.65. The minimum Gasteiger partial charge on any atom is -0.398 e. The number of nitrogen functional groups attached to an aromatic ring is 1. The van der Waals surface area contributed by atoms with Crippen LogP contribution in [-0.4, -0.2) is 35.8 Å². The molecule has 0 aliphatic carbocycles. The van der Waals surface area contributed by atoms with Crippen molar-refractivity contribution in [3.63, 3.8) is 0 Å². The topological polar surface area (TPSA) is 75.4 Å². The maximum atomic E-state index is 12.3. The molecule has 5 nitrogen and oxygen atoms in total. The molecule has 0 heterocycles. The van der Waals surface area contributed by atoms with E-state index >= 15 is 0 Å². The van der Waals surface area contributed by atoms with E-state index in [-0.39, 0.29) is 11.8 Å². The van der Waals surface area contributed by atoms with Crippen molar-refractivity contribution in [1.82, 2.24) is 10.2 Å². The molecule has 0 aromatic heterocycles. The predicted molar refractivity (Wildman–Crippen MR) is 85.2 cm³/mol. The zero-order chi connectivity index (χ0) is 16.2. The highest BCUT2D eigenvalue weighted by molar-refractivity contribution is 5.99. The Balaban J connectivity index is 2.86. The van der Waals surface area contributed by atoms with E-state index in [0.717, 1.165) is 11.1 Å². The lowest BCUT2D eigenvalue weighted by Gasteiger charge is -2.23. The number of nitrogens with two attached hydrogens (primary N) is 1. The highest BCUT2D eigenvalue weighted by Gasteiger charge is 2.21. The maximum absolute atomic E-state index is 12.3. The summed E-state index contributed by atoms with van der Waals surface area (Å²) < 4.78 is 0. The molecule has 1 atom stereocenters. The van der Waals surface area contributed by atoms with Crippen molar-refractivity contribution in [2.24, 2.45) is 0 Å². The van der Waals surface area contributed by atoms with Gasteiger partial charge in [0.2, 0.25) is 5.91 Å². The van der Waals surface area contributed by atoms with Crippen molar-refractivity contribution in [3.05, 3.63) is 28.8 Å². The van der Waals surface area contributed by atoms with Crippen LogP contribution in [-0.2, 0) is 4.79 Å². The number of nitrogens with one attached hydrogen (secondary N) is 1. The zero-order valence-corrected chi connectivity index (χ0v) is 13.5. The highest BCUT2D eigenvalue weighted by Crippen LogP contribution is 2.17. The fourth-order valence-corrected chi connectivity index (χ4v) is 2.26. The SMILES string of the molecule is CCN(CC)C(=O)C(C)NC(=O)c1cc(N)c(C)cc1C. The first kappa shape index (κ1) is 17.0. The Bertz CT molecular complexity index is 537. The van der Waals surface area contributed by atoms with Gasteiger partial charge in [-0.25, -0.2) is 0 Å². The lowest BCUT2D eigenvalue weighted by Crippen LogP contribution is -2.47. The van der Waals surface area contributed by atoms with E-state index in [2.05, 4.69) is 5.32 Å². The van der Waals surface area contributed by atoms with Crippen LogP contribution >= 0.6 is 0 Å². The first-order valence-electron chi connectivity index (χ1n) is 7.28. The van der Waals surface area contributed by atoms with Crippen LogP contribution in [0, 0.1) is 13.8 Å². The molecule has 0 bridgehead atoms. The predicted octanol–water partition coefficient (Wildman–Crippen LogP) is 1.87. The molecule has 0 saturated heterocycles. The van der Waals surface area contributed by atoms with Crippen molar-refractivity contribution >= 4 is 17.5 Å². The van der Waals surface area contributed by atoms with Gasteiger partial charge in [-0.1, -0.05) is 6.07 Å². The summed E-state index contributed by atoms with van der Waals surface area (Å²) in [6.07, 6.45) is 0. The number of carbonyl (C=O) groups is 2. The lowest BCUT2D eigenvalue weighted by atomic mass is 10.0. The quantitative estimate of drug-likeness (QED) is 0.813. The van der Waals surface area contributed by atoms with Gasteiger partial charge in [0.05, 0.1) is 0 Å². The Labute approximate surface area is 126 Å². The first-order valence-corrected chi connectivity index (χ1v) is 7.28. The van der Waals surface area contributed by atoms with Gasteiger partial charge in [0.25, 0.3) is 5.91 Å². The lowest BCUT2D eigenvalue weighted by molar-refractivity contribution is -0.132. The van der Waals surface area contributed by atoms with E-state index in [0.29, 0.717) is 24.3 Å². The van der Waals surface area contributed by atoms with Crippen molar-refractivity contribution in [2.45, 2.75) is 40.7 Å². The van der Waals surface area contributed by atoms with Gasteiger partial charge in [-0.15, -0.1) is 0 Å². The second-order valence-corrected chi connectivity index (χ2v) is 5.23. The van der Waals surface area contributed by atoms with E-state index in [4.69, 9.17) is 5.73 Å². The fraction of sp³-hybridized carbons (Fsp3) is 0.500. The number of aryl methyl sites for hydroxylation is 2. The van der Waals surface area contributed by atoms with Crippen LogP contribution in [0.3, 0.4) is 0 Å². The number of anilines is 1. The van der Waals surface area contributed by atoms with Crippen molar-refractivity contribution in [3.8, 4) is 0 Å². The number of hydrogen-bond acceptors (Lipinski definition) is 3. The van der Waals surface area contributed by atoms with Gasteiger partial charge >= 0.3 is 0 Å². The third-order valence-electron chi connectivity index (χ3n) is 3.65. The second kappa shape index (κ2) is 7.11. The Morgan fingerprint density at radius 1 is 1.19 bits per heavy atom. The van der Waals surface area contributed by atoms with Gasteiger partial charge in [0.1, 0.15) is 6.04 Å². The van der Waals surface area contributed by atoms with Gasteiger partial charge < -0.3 is 16.0 Å². The van der Waals surface area contributed by atoms with Gasteiger partial charge in [-0.2, -0.15) is 0 Å². The van der Waals surface area contributed by atoms with E-state index in [1.165, 1.54) is 0 Å². The van der Waals surface area contributed by atoms with E-state index in [1.54, 1.807) is 17.9 Å². The Morgan fingerprint density at radius 3 is 2.29 bits per heavy atom. The number of hydrogen-bond donors (Lipinski definition) is 2. The molecule has 1 aromatic rings. The number of nitrogens with zero attached hydrogens (tertiary/aromatic N) is 1. The second-order valence-electron chi connectivity index (χ2n) is 5.23. The third kappa shape index (κ3) is 3.97. The molecule has 21 heavy (non-hydrogen) atoms. The number of amides is 2. The summed E-state index contributed by atoms with van der Waals surface area (Å²) in [6.45, 7) is 10.6. The molecule has 116 valence electrons. The average Bonchev–Trinajstić information content (AvgIpc) is 2.43. The maximum Gasteiger partial charge on any atom is 0.252 e. The number of rotatable bonds is 5. The summed E-state index contributed by atoms with van der Waals surface area (Å²) in [5.41, 5.74) is 8.73. The molecule has 0 fully saturated rings. The van der Waals surface area contributed by atoms with Crippen molar-refractivity contribution in [2.75, 3.05) is 18.8 Å². The largest absolute Gasteiger partial charge is 0.398 e. The molecule has 0 aliphatic heterocycles. The molecule has 2 amide bonds. The Kier molecular flexibility index (Phi) is 5.76. The minimum absolute atomic E-state index is 0.0777. The van der Waals surface area contributed by atoms with Crippen LogP contribution < -0.4 is 11.1 Å². The monoisotopic (exact) mass is 291 g/mol. The highest BCUT2D eigenvalue weighted by atomic mass is 16.2. The molecule has 3 N–H and O–H groups in total. The smallest absolute Gasteiger partial charge is 0.252 e. The van der Waals surface area contributed by atoms with Crippen LogP contribution in [0.15, 0.2) is 12.1 Å². The van der Waals surface area contributed by atoms with E-state index in [1.807, 2.05) is 33.8 Å². The Morgan fingerprint density at radius 2 is 1.76 bits per heavy atom. The molecule has 0 spiro atoms. The summed E-state index contributed by atoms with van der Waals surface area (Å²) >= 11 is 0. The molecule has 0 saturated carbocycles. The molecular weight excluding hydrogens is 266 g/mol. The fourth-order valence-electron chi connectivity index (χ4n) is 2.26. The van der Waals surface area contributed by atoms with Gasteiger partial charge in [-0.3, -0.25) is 9.59 Å². The summed E-state index contributed by atoms with van der Waals surface area (Å²) in [5, 5.41) is 2.75. The van der Waals surface area contributed by atoms with Crippen LogP contribution in [0.25, 0.3) is 0 Å². The van der Waals surface area contributed by atoms with Crippen LogP contribution in [0.1, 0.15) is 42.3 Å². The molecule has 0 aliphatic rings. The van der Waals surface area contributed by atoms with E-state index in [9.17, 15) is 9.59 Å². The number of carbonyl (C=O) groups excluding carboxylic acids is 2. The summed E-state index contributed by atoms with van der Waals surface area (Å²) in [5.74, 6) is -0.349. The van der Waals surface area contributed by atoms with Gasteiger partial charge in [0.15, 0.2) is 0 Å². The minimum atomic E-state index is -0.556. The first-order chi connectivity index (χ1) is 9.81. The molecule has 0 radical (unpaired) electrons. The van der Waals surface area contributed by atoms with Gasteiger partial charge in [0, 0.05) is 24.3 Å². The van der Waals surface area contributed by atoms with Gasteiger partial charge in [-0.05, 0) is 51.8 Å². The van der Waals surface area contributed by atoms with Crippen molar-refractivity contribution < 1.29 is 9.59 Å². The average molecular weight is 291 g/mol. The standard InChI is InChI=1S/C16H25N3O2/c1-6-19(7-2)16(21)12(5)18-15(20)13-9-14(17)11(4)8-10(13)3/h8-9,12H,6-7,17H2,1-5H3,(H,18,20). The van der Waals surface area contributed by atoms with E-state index < -0.39 is 6.04 Å². The zero-order valence-electron chi connectivity index (χ0n) is 13.5. The Hall–Kier alpha value is -2.04. The summed E-state index contributed by atoms with van der Waals surface area (Å²) in [4.78, 5) is 26.2. The summed E-state index contributed by atoms with van der Waals surface area (Å²) in [6, 6.07) is 2.98. The number of benzene rings is 1. The van der Waals surface area contributed by atoms with Crippen LogP contribution in [0.5, 0.6) is 0 Å². The number of likely N-dealkylation sites (N-methyl/N-ethyl adjacent to an activating group) is 1. The van der Waals surface area contributed by atoms with Crippen LogP contribution in [0.2, 0.25) is 0 Å². The normalized spacial score (nSPS) is 11.9. The molecule has 1 unspecified atom stereocenters. The molecule has 5 heteroatoms. The molecular formula is C16H25N3O2. The summed E-state index contributed by atoms with van der Waals surface area (Å²) in [7, 11) is 0.